The Bertz CT molecular complexity index is 1170. The number of rotatable bonds is 8. The number of amides is 1. The summed E-state index contributed by atoms with van der Waals surface area (Å²) in [5, 5.41) is 2.71. The summed E-state index contributed by atoms with van der Waals surface area (Å²) in [6.07, 6.45) is 0. The summed E-state index contributed by atoms with van der Waals surface area (Å²) in [6.45, 7) is 1.16. The van der Waals surface area contributed by atoms with Gasteiger partial charge in [-0.1, -0.05) is 12.1 Å². The molecule has 32 heavy (non-hydrogen) atoms. The van der Waals surface area contributed by atoms with Gasteiger partial charge in [0.1, 0.15) is 23.9 Å². The molecule has 0 aliphatic heterocycles. The summed E-state index contributed by atoms with van der Waals surface area (Å²) in [5.74, 6) is -1.04. The second-order valence-corrected chi connectivity index (χ2v) is 8.87. The van der Waals surface area contributed by atoms with Crippen molar-refractivity contribution in [2.24, 2.45) is 0 Å². The SMILES string of the molecule is COc1ccc(S(=O)(=O)N(CC(=O)N[C@@H](C)c2ccc(F)cc2)c2ccc(F)cc2)cc1. The van der Waals surface area contributed by atoms with E-state index < -0.39 is 40.2 Å². The maximum absolute atomic E-state index is 13.4. The zero-order chi connectivity index (χ0) is 23.3. The van der Waals surface area contributed by atoms with Gasteiger partial charge in [-0.05, 0) is 73.2 Å². The lowest BCUT2D eigenvalue weighted by Gasteiger charge is -2.25. The summed E-state index contributed by atoms with van der Waals surface area (Å²) in [5.41, 5.74) is 0.790. The molecule has 3 rings (SSSR count). The van der Waals surface area contributed by atoms with Crippen molar-refractivity contribution in [3.8, 4) is 5.75 Å². The van der Waals surface area contributed by atoms with Gasteiger partial charge >= 0.3 is 0 Å². The number of benzene rings is 3. The van der Waals surface area contributed by atoms with Gasteiger partial charge in [0, 0.05) is 0 Å². The fraction of sp³-hybridized carbons (Fsp3) is 0.174. The van der Waals surface area contributed by atoms with Gasteiger partial charge < -0.3 is 10.1 Å². The molecule has 0 spiro atoms. The number of anilines is 1. The molecule has 3 aromatic carbocycles. The Kier molecular flexibility index (Phi) is 7.09. The Morgan fingerprint density at radius 3 is 2.00 bits per heavy atom. The lowest BCUT2D eigenvalue weighted by atomic mass is 10.1. The van der Waals surface area contributed by atoms with Gasteiger partial charge in [0.05, 0.1) is 23.7 Å². The summed E-state index contributed by atoms with van der Waals surface area (Å²) in [7, 11) is -2.69. The molecule has 3 aromatic rings. The number of hydrogen-bond acceptors (Lipinski definition) is 4. The number of nitrogens with one attached hydrogen (secondary N) is 1. The van der Waals surface area contributed by atoms with Crippen LogP contribution in [0.5, 0.6) is 5.75 Å². The molecule has 0 heterocycles. The normalized spacial score (nSPS) is 12.1. The van der Waals surface area contributed by atoms with E-state index in [1.165, 1.54) is 67.8 Å². The monoisotopic (exact) mass is 460 g/mol. The van der Waals surface area contributed by atoms with E-state index in [1.807, 2.05) is 0 Å². The predicted molar refractivity (Wildman–Crippen MR) is 117 cm³/mol. The van der Waals surface area contributed by atoms with Crippen LogP contribution in [0.15, 0.2) is 77.7 Å². The van der Waals surface area contributed by atoms with E-state index in [0.29, 0.717) is 11.3 Å². The maximum atomic E-state index is 13.4. The predicted octanol–water partition coefficient (Wildman–Crippen LogP) is 4.05. The molecule has 0 aromatic heterocycles. The first-order chi connectivity index (χ1) is 15.2. The van der Waals surface area contributed by atoms with Crippen molar-refractivity contribution < 1.29 is 26.7 Å². The van der Waals surface area contributed by atoms with Gasteiger partial charge in [0.15, 0.2) is 0 Å². The molecule has 1 atom stereocenters. The summed E-state index contributed by atoms with van der Waals surface area (Å²) >= 11 is 0. The fourth-order valence-electron chi connectivity index (χ4n) is 3.05. The van der Waals surface area contributed by atoms with E-state index in [4.69, 9.17) is 4.74 Å². The molecule has 0 fully saturated rings. The van der Waals surface area contributed by atoms with Gasteiger partial charge in [-0.3, -0.25) is 9.10 Å². The molecule has 0 aliphatic rings. The molecular weight excluding hydrogens is 438 g/mol. The van der Waals surface area contributed by atoms with E-state index in [1.54, 1.807) is 6.92 Å². The molecular formula is C23H22F2N2O4S. The van der Waals surface area contributed by atoms with Crippen LogP contribution in [-0.4, -0.2) is 28.0 Å². The van der Waals surface area contributed by atoms with Crippen LogP contribution < -0.4 is 14.4 Å². The van der Waals surface area contributed by atoms with Crippen LogP contribution in [0.4, 0.5) is 14.5 Å². The van der Waals surface area contributed by atoms with E-state index in [9.17, 15) is 22.0 Å². The Balaban J connectivity index is 1.87. The number of hydrogen-bond donors (Lipinski definition) is 1. The third-order valence-electron chi connectivity index (χ3n) is 4.80. The lowest BCUT2D eigenvalue weighted by Crippen LogP contribution is -2.41. The van der Waals surface area contributed by atoms with Crippen molar-refractivity contribution in [2.45, 2.75) is 17.9 Å². The van der Waals surface area contributed by atoms with E-state index in [2.05, 4.69) is 5.32 Å². The molecule has 9 heteroatoms. The van der Waals surface area contributed by atoms with Gasteiger partial charge in [-0.25, -0.2) is 17.2 Å². The number of carbonyl (C=O) groups excluding carboxylic acids is 1. The minimum Gasteiger partial charge on any atom is -0.497 e. The molecule has 0 saturated carbocycles. The summed E-state index contributed by atoms with van der Waals surface area (Å²) in [6, 6.07) is 15.6. The van der Waals surface area contributed by atoms with Crippen LogP contribution in [0.2, 0.25) is 0 Å². The van der Waals surface area contributed by atoms with Crippen molar-refractivity contribution in [1.82, 2.24) is 5.32 Å². The standard InChI is InChI=1S/C23H22F2N2O4S/c1-16(17-3-5-18(24)6-4-17)26-23(28)15-27(20-9-7-19(25)8-10-20)32(29,30)22-13-11-21(31-2)12-14-22/h3-14,16H,15H2,1-2H3,(H,26,28)/t16-/m0/s1. The topological polar surface area (TPSA) is 75.7 Å². The zero-order valence-electron chi connectivity index (χ0n) is 17.5. The number of carbonyl (C=O) groups is 1. The smallest absolute Gasteiger partial charge is 0.264 e. The second kappa shape index (κ2) is 9.78. The molecule has 0 bridgehead atoms. The van der Waals surface area contributed by atoms with E-state index in [0.717, 1.165) is 16.4 Å². The number of sulfonamides is 1. The van der Waals surface area contributed by atoms with Crippen LogP contribution >= 0.6 is 0 Å². The quantitative estimate of drug-likeness (QED) is 0.550. The largest absolute Gasteiger partial charge is 0.497 e. The van der Waals surface area contributed by atoms with Crippen LogP contribution in [0, 0.1) is 11.6 Å². The van der Waals surface area contributed by atoms with Gasteiger partial charge in [0.2, 0.25) is 5.91 Å². The summed E-state index contributed by atoms with van der Waals surface area (Å²) < 4.78 is 59.2. The number of nitrogens with zero attached hydrogens (tertiary/aromatic N) is 1. The Hall–Kier alpha value is -3.46. The first kappa shape index (κ1) is 23.2. The Morgan fingerprint density at radius 1 is 0.938 bits per heavy atom. The first-order valence-corrected chi connectivity index (χ1v) is 11.1. The molecule has 0 radical (unpaired) electrons. The highest BCUT2D eigenvalue weighted by Crippen LogP contribution is 2.25. The lowest BCUT2D eigenvalue weighted by molar-refractivity contribution is -0.120. The molecule has 0 saturated heterocycles. The maximum Gasteiger partial charge on any atom is 0.264 e. The van der Waals surface area contributed by atoms with Crippen LogP contribution in [0.1, 0.15) is 18.5 Å². The molecule has 0 aliphatic carbocycles. The fourth-order valence-corrected chi connectivity index (χ4v) is 4.47. The number of methoxy groups -OCH3 is 1. The Morgan fingerprint density at radius 2 is 1.47 bits per heavy atom. The Labute approximate surface area is 185 Å². The highest BCUT2D eigenvalue weighted by molar-refractivity contribution is 7.92. The molecule has 1 amide bonds. The van der Waals surface area contributed by atoms with E-state index >= 15 is 0 Å². The third kappa shape index (κ3) is 5.42. The number of halogens is 2. The number of ether oxygens (including phenoxy) is 1. The summed E-state index contributed by atoms with van der Waals surface area (Å²) in [4.78, 5) is 12.7. The highest BCUT2D eigenvalue weighted by Gasteiger charge is 2.28. The van der Waals surface area contributed by atoms with E-state index in [-0.39, 0.29) is 10.6 Å². The van der Waals surface area contributed by atoms with Gasteiger partial charge in [-0.2, -0.15) is 0 Å². The van der Waals surface area contributed by atoms with Crippen molar-refractivity contribution >= 4 is 21.6 Å². The van der Waals surface area contributed by atoms with Crippen LogP contribution in [-0.2, 0) is 14.8 Å². The molecule has 1 N–H and O–H groups in total. The van der Waals surface area contributed by atoms with Crippen LogP contribution in [0.25, 0.3) is 0 Å². The average molecular weight is 461 g/mol. The average Bonchev–Trinajstić information content (AvgIpc) is 2.78. The zero-order valence-corrected chi connectivity index (χ0v) is 18.3. The molecule has 0 unspecified atom stereocenters. The first-order valence-electron chi connectivity index (χ1n) is 9.68. The third-order valence-corrected chi connectivity index (χ3v) is 6.58. The van der Waals surface area contributed by atoms with Crippen molar-refractivity contribution in [3.63, 3.8) is 0 Å². The van der Waals surface area contributed by atoms with Crippen molar-refractivity contribution in [2.75, 3.05) is 18.0 Å². The molecule has 168 valence electrons. The molecule has 6 nitrogen and oxygen atoms in total. The van der Waals surface area contributed by atoms with Crippen LogP contribution in [0.3, 0.4) is 0 Å². The minimum atomic E-state index is -4.15. The van der Waals surface area contributed by atoms with Gasteiger partial charge in [0.25, 0.3) is 10.0 Å². The minimum absolute atomic E-state index is 0.0537. The van der Waals surface area contributed by atoms with Gasteiger partial charge in [-0.15, -0.1) is 0 Å². The van der Waals surface area contributed by atoms with Crippen molar-refractivity contribution in [1.29, 1.82) is 0 Å². The second-order valence-electron chi connectivity index (χ2n) is 7.00. The highest BCUT2D eigenvalue weighted by atomic mass is 32.2. The van der Waals surface area contributed by atoms with Crippen molar-refractivity contribution in [3.05, 3.63) is 90.0 Å².